The van der Waals surface area contributed by atoms with Crippen LogP contribution in [0.15, 0.2) is 41.5 Å². The van der Waals surface area contributed by atoms with Crippen LogP contribution in [0.1, 0.15) is 60.9 Å². The van der Waals surface area contributed by atoms with Gasteiger partial charge in [0.1, 0.15) is 17.5 Å². The molecule has 1 amide bonds. The minimum absolute atomic E-state index is 0.0994. The van der Waals surface area contributed by atoms with Gasteiger partial charge in [0.15, 0.2) is 0 Å². The second-order valence-corrected chi connectivity index (χ2v) is 9.65. The Morgan fingerprint density at radius 1 is 1.03 bits per heavy atom. The van der Waals surface area contributed by atoms with E-state index in [2.05, 4.69) is 32.0 Å². The molecular weight excluding hydrogens is 470 g/mol. The van der Waals surface area contributed by atoms with E-state index in [1.807, 2.05) is 23.1 Å². The minimum Gasteiger partial charge on any atom is -0.497 e. The van der Waals surface area contributed by atoms with Gasteiger partial charge in [-0.2, -0.15) is 5.10 Å². The van der Waals surface area contributed by atoms with Crippen molar-refractivity contribution in [3.63, 3.8) is 0 Å². The normalized spacial score (nSPS) is 19.9. The van der Waals surface area contributed by atoms with E-state index < -0.39 is 6.04 Å². The van der Waals surface area contributed by atoms with E-state index in [1.54, 1.807) is 26.2 Å². The van der Waals surface area contributed by atoms with Crippen molar-refractivity contribution in [2.24, 2.45) is 5.10 Å². The topological polar surface area (TPSA) is 80.7 Å². The standard InChI is InChI=1S/C29H37N3O5/c1-6-37-29(34)25-9-7-8-14-31(25)18-28(33)32-26(23-13-12-22(35-4)16-27(23)36-5)17-24(30-32)21-11-10-19(2)20(3)15-21/h10-13,15-16,25-26H,6-9,14,17-18H2,1-5H3/t25-,26-/m0/s1. The van der Waals surface area contributed by atoms with E-state index in [0.717, 1.165) is 29.7 Å². The van der Waals surface area contributed by atoms with Crippen molar-refractivity contribution in [3.05, 3.63) is 58.7 Å². The fourth-order valence-electron chi connectivity index (χ4n) is 5.10. The van der Waals surface area contributed by atoms with Crippen molar-refractivity contribution in [2.75, 3.05) is 33.9 Å². The third-order valence-corrected chi connectivity index (χ3v) is 7.32. The lowest BCUT2D eigenvalue weighted by molar-refractivity contribution is -0.152. The SMILES string of the molecule is CCOC(=O)[C@@H]1CCCCN1CC(=O)N1N=C(c2ccc(C)c(C)c2)C[C@H]1c1ccc(OC)cc1OC. The summed E-state index contributed by atoms with van der Waals surface area (Å²) >= 11 is 0. The van der Waals surface area contributed by atoms with Gasteiger partial charge in [0, 0.05) is 18.1 Å². The molecule has 37 heavy (non-hydrogen) atoms. The predicted molar refractivity (Wildman–Crippen MR) is 142 cm³/mol. The van der Waals surface area contributed by atoms with E-state index in [4.69, 9.17) is 19.3 Å². The van der Waals surface area contributed by atoms with Crippen molar-refractivity contribution >= 4 is 17.6 Å². The average molecular weight is 508 g/mol. The first-order valence-electron chi connectivity index (χ1n) is 13.0. The molecule has 0 radical (unpaired) electrons. The van der Waals surface area contributed by atoms with Crippen LogP contribution in [0.3, 0.4) is 0 Å². The quantitative estimate of drug-likeness (QED) is 0.492. The number of hydrogen-bond donors (Lipinski definition) is 0. The number of carbonyl (C=O) groups excluding carboxylic acids is 2. The van der Waals surface area contributed by atoms with Crippen molar-refractivity contribution in [3.8, 4) is 11.5 Å². The summed E-state index contributed by atoms with van der Waals surface area (Å²) in [4.78, 5) is 28.3. The van der Waals surface area contributed by atoms with Gasteiger partial charge in [-0.3, -0.25) is 14.5 Å². The number of hydrogen-bond acceptors (Lipinski definition) is 7. The van der Waals surface area contributed by atoms with E-state index in [1.165, 1.54) is 11.1 Å². The van der Waals surface area contributed by atoms with Crippen molar-refractivity contribution in [1.29, 1.82) is 0 Å². The molecule has 2 heterocycles. The summed E-state index contributed by atoms with van der Waals surface area (Å²) in [5, 5.41) is 6.42. The molecule has 4 rings (SSSR count). The maximum absolute atomic E-state index is 13.8. The molecule has 0 aliphatic carbocycles. The number of rotatable bonds is 8. The molecule has 1 saturated heterocycles. The Morgan fingerprint density at radius 2 is 1.84 bits per heavy atom. The van der Waals surface area contributed by atoms with Gasteiger partial charge >= 0.3 is 5.97 Å². The number of likely N-dealkylation sites (tertiary alicyclic amines) is 1. The molecule has 0 unspecified atom stereocenters. The van der Waals surface area contributed by atoms with Crippen LogP contribution in [0.5, 0.6) is 11.5 Å². The van der Waals surface area contributed by atoms with Crippen LogP contribution in [0.2, 0.25) is 0 Å². The van der Waals surface area contributed by atoms with Crippen LogP contribution in [0.4, 0.5) is 0 Å². The molecule has 198 valence electrons. The van der Waals surface area contributed by atoms with Crippen LogP contribution in [0, 0.1) is 13.8 Å². The van der Waals surface area contributed by atoms with Crippen LogP contribution in [0.25, 0.3) is 0 Å². The molecule has 2 aliphatic heterocycles. The van der Waals surface area contributed by atoms with Gasteiger partial charge in [-0.05, 0) is 75.0 Å². The smallest absolute Gasteiger partial charge is 0.323 e. The summed E-state index contributed by atoms with van der Waals surface area (Å²) in [6, 6.07) is 11.1. The summed E-state index contributed by atoms with van der Waals surface area (Å²) < 4.78 is 16.4. The number of benzene rings is 2. The molecule has 8 nitrogen and oxygen atoms in total. The minimum atomic E-state index is -0.405. The van der Waals surface area contributed by atoms with Crippen molar-refractivity contribution in [1.82, 2.24) is 9.91 Å². The molecule has 0 bridgehead atoms. The largest absolute Gasteiger partial charge is 0.497 e. The second kappa shape index (κ2) is 11.8. The number of amides is 1. The number of hydrazone groups is 1. The van der Waals surface area contributed by atoms with E-state index in [9.17, 15) is 9.59 Å². The average Bonchev–Trinajstić information content (AvgIpc) is 3.35. The Bertz CT molecular complexity index is 1180. The first-order valence-corrected chi connectivity index (χ1v) is 13.0. The monoisotopic (exact) mass is 507 g/mol. The molecule has 8 heteroatoms. The zero-order valence-electron chi connectivity index (χ0n) is 22.5. The lowest BCUT2D eigenvalue weighted by Gasteiger charge is -2.34. The maximum atomic E-state index is 13.8. The van der Waals surface area contributed by atoms with Gasteiger partial charge in [-0.1, -0.05) is 18.6 Å². The molecule has 2 aliphatic rings. The Kier molecular flexibility index (Phi) is 8.48. The molecule has 1 fully saturated rings. The van der Waals surface area contributed by atoms with Crippen molar-refractivity contribution in [2.45, 2.75) is 58.5 Å². The highest BCUT2D eigenvalue weighted by molar-refractivity contribution is 6.03. The molecule has 0 spiro atoms. The van der Waals surface area contributed by atoms with E-state index >= 15 is 0 Å². The second-order valence-electron chi connectivity index (χ2n) is 9.65. The number of methoxy groups -OCH3 is 2. The third-order valence-electron chi connectivity index (χ3n) is 7.32. The number of aryl methyl sites for hydroxylation is 2. The summed E-state index contributed by atoms with van der Waals surface area (Å²) in [5.74, 6) is 0.903. The number of ether oxygens (including phenoxy) is 3. The molecule has 0 N–H and O–H groups in total. The number of piperidine rings is 1. The first kappa shape index (κ1) is 26.7. The predicted octanol–water partition coefficient (Wildman–Crippen LogP) is 4.42. The Hall–Kier alpha value is -3.39. The van der Waals surface area contributed by atoms with Gasteiger partial charge in [-0.15, -0.1) is 0 Å². The highest BCUT2D eigenvalue weighted by Gasteiger charge is 2.38. The Morgan fingerprint density at radius 3 is 2.54 bits per heavy atom. The third kappa shape index (κ3) is 5.80. The van der Waals surface area contributed by atoms with Gasteiger partial charge < -0.3 is 14.2 Å². The number of esters is 1. The number of nitrogens with zero attached hydrogens (tertiary/aromatic N) is 3. The lowest BCUT2D eigenvalue weighted by Crippen LogP contribution is -2.49. The van der Waals surface area contributed by atoms with Gasteiger partial charge in [0.05, 0.1) is 39.1 Å². The van der Waals surface area contributed by atoms with Crippen LogP contribution < -0.4 is 9.47 Å². The molecule has 2 atom stereocenters. The fourth-order valence-corrected chi connectivity index (χ4v) is 5.10. The summed E-state index contributed by atoms with van der Waals surface area (Å²) in [7, 11) is 3.22. The molecule has 0 saturated carbocycles. The molecular formula is C29H37N3O5. The van der Waals surface area contributed by atoms with Gasteiger partial charge in [0.2, 0.25) is 0 Å². The Balaban J connectivity index is 1.67. The van der Waals surface area contributed by atoms with Gasteiger partial charge in [0.25, 0.3) is 5.91 Å². The summed E-state index contributed by atoms with van der Waals surface area (Å²) in [6.45, 7) is 7.06. The highest BCUT2D eigenvalue weighted by Crippen LogP contribution is 2.39. The van der Waals surface area contributed by atoms with Crippen LogP contribution in [-0.2, 0) is 14.3 Å². The number of carbonyl (C=O) groups is 2. The molecule has 0 aromatic heterocycles. The van der Waals surface area contributed by atoms with Gasteiger partial charge in [-0.25, -0.2) is 5.01 Å². The molecule has 2 aromatic rings. The Labute approximate surface area is 219 Å². The first-order chi connectivity index (χ1) is 17.9. The summed E-state index contributed by atoms with van der Waals surface area (Å²) in [6.07, 6.45) is 3.13. The molecule has 2 aromatic carbocycles. The van der Waals surface area contributed by atoms with Crippen LogP contribution in [-0.4, -0.2) is 67.5 Å². The maximum Gasteiger partial charge on any atom is 0.323 e. The zero-order chi connectivity index (χ0) is 26.5. The zero-order valence-corrected chi connectivity index (χ0v) is 22.5. The fraction of sp³-hybridized carbons (Fsp3) is 0.483. The highest BCUT2D eigenvalue weighted by atomic mass is 16.5. The lowest BCUT2D eigenvalue weighted by atomic mass is 9.95. The van der Waals surface area contributed by atoms with E-state index in [0.29, 0.717) is 37.5 Å². The summed E-state index contributed by atoms with van der Waals surface area (Å²) in [5.41, 5.74) is 5.09. The van der Waals surface area contributed by atoms with Crippen molar-refractivity contribution < 1.29 is 23.8 Å². The van der Waals surface area contributed by atoms with Crippen LogP contribution >= 0.6 is 0 Å². The van der Waals surface area contributed by atoms with E-state index in [-0.39, 0.29) is 24.5 Å².